The zero-order valence-corrected chi connectivity index (χ0v) is 14.5. The predicted molar refractivity (Wildman–Crippen MR) is 93.9 cm³/mol. The number of rotatable bonds is 7. The van der Waals surface area contributed by atoms with Crippen LogP contribution in [-0.2, 0) is 4.79 Å². The Balaban J connectivity index is 1.86. The third-order valence-corrected chi connectivity index (χ3v) is 4.74. The van der Waals surface area contributed by atoms with Crippen molar-refractivity contribution in [2.75, 3.05) is 39.1 Å². The summed E-state index contributed by atoms with van der Waals surface area (Å²) in [7, 11) is 3.61. The van der Waals surface area contributed by atoms with E-state index in [1.807, 2.05) is 38.2 Å². The summed E-state index contributed by atoms with van der Waals surface area (Å²) in [6.45, 7) is 5.05. The van der Waals surface area contributed by atoms with Gasteiger partial charge in [-0.05, 0) is 70.9 Å². The SMILES string of the molecule is CNCCC1CCN(C(C)C(=O)Nc2ccccc2OC)CC1. The molecule has 1 saturated heterocycles. The van der Waals surface area contributed by atoms with Gasteiger partial charge in [-0.25, -0.2) is 0 Å². The molecule has 0 radical (unpaired) electrons. The number of piperidine rings is 1. The third-order valence-electron chi connectivity index (χ3n) is 4.74. The summed E-state index contributed by atoms with van der Waals surface area (Å²) in [6.07, 6.45) is 3.58. The first-order valence-corrected chi connectivity index (χ1v) is 8.48. The van der Waals surface area contributed by atoms with Crippen LogP contribution >= 0.6 is 0 Å². The lowest BCUT2D eigenvalue weighted by molar-refractivity contribution is -0.121. The van der Waals surface area contributed by atoms with Gasteiger partial charge in [0.25, 0.3) is 0 Å². The van der Waals surface area contributed by atoms with Crippen molar-refractivity contribution in [3.05, 3.63) is 24.3 Å². The number of nitrogens with one attached hydrogen (secondary N) is 2. The van der Waals surface area contributed by atoms with Crippen LogP contribution < -0.4 is 15.4 Å². The average Bonchev–Trinajstić information content (AvgIpc) is 2.60. The highest BCUT2D eigenvalue weighted by Crippen LogP contribution is 2.25. The van der Waals surface area contributed by atoms with Crippen LogP contribution in [0.2, 0.25) is 0 Å². The molecule has 2 rings (SSSR count). The van der Waals surface area contributed by atoms with Gasteiger partial charge in [0.15, 0.2) is 0 Å². The van der Waals surface area contributed by atoms with Crippen molar-refractivity contribution in [3.63, 3.8) is 0 Å². The fourth-order valence-electron chi connectivity index (χ4n) is 3.13. The van der Waals surface area contributed by atoms with Gasteiger partial charge in [-0.2, -0.15) is 0 Å². The molecule has 2 N–H and O–H groups in total. The van der Waals surface area contributed by atoms with Gasteiger partial charge in [0.05, 0.1) is 18.8 Å². The molecule has 0 spiro atoms. The van der Waals surface area contributed by atoms with E-state index < -0.39 is 0 Å². The van der Waals surface area contributed by atoms with E-state index in [-0.39, 0.29) is 11.9 Å². The lowest BCUT2D eigenvalue weighted by Crippen LogP contribution is -2.46. The summed E-state index contributed by atoms with van der Waals surface area (Å²) in [6, 6.07) is 7.40. The topological polar surface area (TPSA) is 53.6 Å². The summed E-state index contributed by atoms with van der Waals surface area (Å²) in [5.74, 6) is 1.50. The van der Waals surface area contributed by atoms with Crippen molar-refractivity contribution in [1.29, 1.82) is 0 Å². The molecule has 1 atom stereocenters. The third kappa shape index (κ3) is 4.94. The molecule has 1 unspecified atom stereocenters. The Morgan fingerprint density at radius 1 is 1.35 bits per heavy atom. The Kier molecular flexibility index (Phi) is 6.86. The maximum atomic E-state index is 12.5. The van der Waals surface area contributed by atoms with E-state index >= 15 is 0 Å². The molecule has 0 bridgehead atoms. The minimum atomic E-state index is -0.120. The van der Waals surface area contributed by atoms with E-state index in [0.717, 1.165) is 31.2 Å². The van der Waals surface area contributed by atoms with E-state index in [0.29, 0.717) is 5.75 Å². The number of carbonyl (C=O) groups excluding carboxylic acids is 1. The molecule has 1 aromatic rings. The van der Waals surface area contributed by atoms with Crippen LogP contribution in [0.1, 0.15) is 26.2 Å². The molecule has 1 fully saturated rings. The Morgan fingerprint density at radius 2 is 2.04 bits per heavy atom. The summed E-state index contributed by atoms with van der Waals surface area (Å²) in [4.78, 5) is 14.8. The number of benzene rings is 1. The average molecular weight is 319 g/mol. The van der Waals surface area contributed by atoms with Gasteiger partial charge in [0.1, 0.15) is 5.75 Å². The second kappa shape index (κ2) is 8.89. The molecular weight excluding hydrogens is 290 g/mol. The smallest absolute Gasteiger partial charge is 0.241 e. The summed E-state index contributed by atoms with van der Waals surface area (Å²) in [5, 5.41) is 6.20. The van der Waals surface area contributed by atoms with Crippen LogP contribution in [0.4, 0.5) is 5.69 Å². The first-order valence-electron chi connectivity index (χ1n) is 8.48. The Bertz CT molecular complexity index is 499. The van der Waals surface area contributed by atoms with Crippen molar-refractivity contribution in [3.8, 4) is 5.75 Å². The van der Waals surface area contributed by atoms with Crippen molar-refractivity contribution < 1.29 is 9.53 Å². The van der Waals surface area contributed by atoms with Crippen LogP contribution in [0.25, 0.3) is 0 Å². The fraction of sp³-hybridized carbons (Fsp3) is 0.611. The molecule has 1 aliphatic heterocycles. The molecule has 1 aromatic carbocycles. The zero-order chi connectivity index (χ0) is 16.7. The van der Waals surface area contributed by atoms with Crippen LogP contribution in [0, 0.1) is 5.92 Å². The van der Waals surface area contributed by atoms with Gasteiger partial charge in [0.2, 0.25) is 5.91 Å². The summed E-state index contributed by atoms with van der Waals surface area (Å²) >= 11 is 0. The van der Waals surface area contributed by atoms with Gasteiger partial charge < -0.3 is 15.4 Å². The molecule has 5 nitrogen and oxygen atoms in total. The number of methoxy groups -OCH3 is 1. The lowest BCUT2D eigenvalue weighted by atomic mass is 9.93. The van der Waals surface area contributed by atoms with Crippen LogP contribution in [0.3, 0.4) is 0 Å². The Morgan fingerprint density at radius 3 is 2.70 bits per heavy atom. The number of hydrogen-bond acceptors (Lipinski definition) is 4. The number of ether oxygens (including phenoxy) is 1. The number of hydrogen-bond donors (Lipinski definition) is 2. The van der Waals surface area contributed by atoms with Gasteiger partial charge >= 0.3 is 0 Å². The van der Waals surface area contributed by atoms with Crippen LogP contribution in [0.15, 0.2) is 24.3 Å². The second-order valence-corrected chi connectivity index (χ2v) is 6.24. The lowest BCUT2D eigenvalue weighted by Gasteiger charge is -2.35. The first kappa shape index (κ1) is 17.8. The minimum Gasteiger partial charge on any atom is -0.495 e. The Hall–Kier alpha value is -1.59. The molecule has 23 heavy (non-hydrogen) atoms. The highest BCUT2D eigenvalue weighted by Gasteiger charge is 2.26. The van der Waals surface area contributed by atoms with Gasteiger partial charge in [-0.15, -0.1) is 0 Å². The first-order chi connectivity index (χ1) is 11.2. The molecule has 5 heteroatoms. The number of nitrogens with zero attached hydrogens (tertiary/aromatic N) is 1. The zero-order valence-electron chi connectivity index (χ0n) is 14.5. The summed E-state index contributed by atoms with van der Waals surface area (Å²) < 4.78 is 5.29. The maximum Gasteiger partial charge on any atom is 0.241 e. The van der Waals surface area contributed by atoms with E-state index in [1.54, 1.807) is 7.11 Å². The van der Waals surface area contributed by atoms with E-state index in [1.165, 1.54) is 19.3 Å². The van der Waals surface area contributed by atoms with Crippen molar-refractivity contribution in [2.45, 2.75) is 32.2 Å². The van der Waals surface area contributed by atoms with Crippen molar-refractivity contribution in [1.82, 2.24) is 10.2 Å². The standard InChI is InChI=1S/C18H29N3O2/c1-14(21-12-9-15(10-13-21)8-11-19-2)18(22)20-16-6-4-5-7-17(16)23-3/h4-7,14-15,19H,8-13H2,1-3H3,(H,20,22). The highest BCUT2D eigenvalue weighted by molar-refractivity contribution is 5.95. The van der Waals surface area contributed by atoms with Gasteiger partial charge in [0, 0.05) is 0 Å². The number of amides is 1. The second-order valence-electron chi connectivity index (χ2n) is 6.24. The summed E-state index contributed by atoms with van der Waals surface area (Å²) in [5.41, 5.74) is 0.732. The van der Waals surface area contributed by atoms with Gasteiger partial charge in [-0.1, -0.05) is 12.1 Å². The van der Waals surface area contributed by atoms with Crippen molar-refractivity contribution in [2.24, 2.45) is 5.92 Å². The largest absolute Gasteiger partial charge is 0.495 e. The highest BCUT2D eigenvalue weighted by atomic mass is 16.5. The van der Waals surface area contributed by atoms with Crippen molar-refractivity contribution >= 4 is 11.6 Å². The number of anilines is 1. The van der Waals surface area contributed by atoms with Crippen LogP contribution in [0.5, 0.6) is 5.75 Å². The van der Waals surface area contributed by atoms with Crippen LogP contribution in [-0.4, -0.2) is 50.6 Å². The molecule has 0 aromatic heterocycles. The number of likely N-dealkylation sites (tertiary alicyclic amines) is 1. The van der Waals surface area contributed by atoms with E-state index in [2.05, 4.69) is 15.5 Å². The molecule has 1 heterocycles. The van der Waals surface area contributed by atoms with Gasteiger partial charge in [-0.3, -0.25) is 9.69 Å². The molecular formula is C18H29N3O2. The fourth-order valence-corrected chi connectivity index (χ4v) is 3.13. The predicted octanol–water partition coefficient (Wildman–Crippen LogP) is 2.34. The molecule has 0 saturated carbocycles. The minimum absolute atomic E-state index is 0.0307. The maximum absolute atomic E-state index is 12.5. The molecule has 128 valence electrons. The quantitative estimate of drug-likeness (QED) is 0.810. The van der Waals surface area contributed by atoms with E-state index in [4.69, 9.17) is 4.74 Å². The number of para-hydroxylation sites is 2. The normalized spacial score (nSPS) is 17.7. The monoisotopic (exact) mass is 319 g/mol. The number of carbonyl (C=O) groups is 1. The molecule has 1 amide bonds. The molecule has 0 aliphatic carbocycles. The molecule has 1 aliphatic rings. The Labute approximate surface area is 139 Å². The van der Waals surface area contributed by atoms with E-state index in [9.17, 15) is 4.79 Å².